The van der Waals surface area contributed by atoms with Crippen molar-refractivity contribution in [3.63, 3.8) is 0 Å². The van der Waals surface area contributed by atoms with Crippen LogP contribution in [0.2, 0.25) is 0 Å². The van der Waals surface area contributed by atoms with Crippen LogP contribution in [0.4, 0.5) is 11.4 Å². The van der Waals surface area contributed by atoms with Crippen molar-refractivity contribution >= 4 is 29.2 Å². The van der Waals surface area contributed by atoms with Gasteiger partial charge in [0.25, 0.3) is 0 Å². The van der Waals surface area contributed by atoms with Gasteiger partial charge in [-0.1, -0.05) is 67.4 Å². The summed E-state index contributed by atoms with van der Waals surface area (Å²) in [7, 11) is 0. The largest absolute Gasteiger partial charge is 0.481 e. The summed E-state index contributed by atoms with van der Waals surface area (Å²) in [6.07, 6.45) is 6.11. The minimum Gasteiger partial charge on any atom is -0.481 e. The van der Waals surface area contributed by atoms with E-state index in [0.29, 0.717) is 19.4 Å². The van der Waals surface area contributed by atoms with Crippen molar-refractivity contribution in [1.29, 1.82) is 0 Å². The first-order valence-corrected chi connectivity index (χ1v) is 14.0. The molecule has 1 saturated carbocycles. The lowest BCUT2D eigenvalue weighted by Gasteiger charge is -2.29. The van der Waals surface area contributed by atoms with Crippen molar-refractivity contribution < 1.29 is 19.5 Å². The minimum absolute atomic E-state index is 0.0201. The number of hydrogen-bond donors (Lipinski definition) is 2. The van der Waals surface area contributed by atoms with Gasteiger partial charge in [0.15, 0.2) is 0 Å². The Morgan fingerprint density at radius 2 is 1.72 bits per heavy atom. The van der Waals surface area contributed by atoms with Crippen LogP contribution in [0.1, 0.15) is 72.3 Å². The second kappa shape index (κ2) is 11.9. The molecule has 2 aliphatic rings. The third kappa shape index (κ3) is 6.06. The number of carbonyl (C=O) groups excluding carboxylic acids is 2. The number of aliphatic carboxylic acids is 1. The highest BCUT2D eigenvalue weighted by atomic mass is 16.4. The molecule has 0 radical (unpaired) electrons. The number of para-hydroxylation sites is 1. The van der Waals surface area contributed by atoms with E-state index >= 15 is 0 Å². The van der Waals surface area contributed by atoms with Crippen molar-refractivity contribution in [2.24, 2.45) is 5.92 Å². The molecule has 3 aromatic rings. The Bertz CT molecular complexity index is 1360. The Kier molecular flexibility index (Phi) is 8.10. The summed E-state index contributed by atoms with van der Waals surface area (Å²) in [5.41, 5.74) is 6.82. The minimum atomic E-state index is -0.831. The number of carbonyl (C=O) groups is 3. The molecule has 6 heteroatoms. The number of rotatable bonds is 9. The number of nitrogens with one attached hydrogen (secondary N) is 1. The molecule has 1 atom stereocenters. The van der Waals surface area contributed by atoms with Gasteiger partial charge in [0.1, 0.15) is 0 Å². The van der Waals surface area contributed by atoms with Gasteiger partial charge in [-0.2, -0.15) is 0 Å². The fourth-order valence-corrected chi connectivity index (χ4v) is 6.15. The van der Waals surface area contributed by atoms with Gasteiger partial charge < -0.3 is 15.3 Å². The quantitative estimate of drug-likeness (QED) is 0.339. The Labute approximate surface area is 230 Å². The Hall–Kier alpha value is -3.93. The lowest BCUT2D eigenvalue weighted by molar-refractivity contribution is -0.137. The fraction of sp³-hybridized carbons (Fsp3) is 0.364. The molecule has 3 aromatic carbocycles. The molecule has 0 bridgehead atoms. The monoisotopic (exact) mass is 524 g/mol. The topological polar surface area (TPSA) is 86.7 Å². The maximum Gasteiger partial charge on any atom is 0.303 e. The van der Waals surface area contributed by atoms with Crippen LogP contribution >= 0.6 is 0 Å². The highest BCUT2D eigenvalue weighted by Gasteiger charge is 2.32. The first-order chi connectivity index (χ1) is 18.9. The zero-order valence-electron chi connectivity index (χ0n) is 22.5. The summed E-state index contributed by atoms with van der Waals surface area (Å²) in [6, 6.07) is 22.0. The van der Waals surface area contributed by atoms with E-state index in [9.17, 15) is 14.4 Å². The van der Waals surface area contributed by atoms with Crippen molar-refractivity contribution in [2.75, 3.05) is 10.2 Å². The standard InChI is InChI=1S/C33H36N2O4/c1-22-24(18-20-31(37)38)10-6-11-28(22)34-33(39)32(26-8-2-3-9-26)27-15-13-23(14-16-27)21-35-29-12-5-4-7-25(29)17-19-30(35)36/h4-7,10-16,26,32H,2-3,8-9,17-21H2,1H3,(H,34,39)(H,37,38). The van der Waals surface area contributed by atoms with E-state index < -0.39 is 5.97 Å². The van der Waals surface area contributed by atoms with E-state index in [-0.39, 0.29) is 30.1 Å². The van der Waals surface area contributed by atoms with Crippen LogP contribution in [0.15, 0.2) is 66.7 Å². The highest BCUT2D eigenvalue weighted by Crippen LogP contribution is 2.39. The Morgan fingerprint density at radius 1 is 0.974 bits per heavy atom. The van der Waals surface area contributed by atoms with Crippen LogP contribution in [0.25, 0.3) is 0 Å². The predicted molar refractivity (Wildman–Crippen MR) is 153 cm³/mol. The molecule has 2 amide bonds. The van der Waals surface area contributed by atoms with Crippen LogP contribution in [0.5, 0.6) is 0 Å². The molecule has 1 unspecified atom stereocenters. The Morgan fingerprint density at radius 3 is 2.46 bits per heavy atom. The van der Waals surface area contributed by atoms with Crippen molar-refractivity contribution in [3.8, 4) is 0 Å². The van der Waals surface area contributed by atoms with Gasteiger partial charge in [0, 0.05) is 24.2 Å². The summed E-state index contributed by atoms with van der Waals surface area (Å²) in [5, 5.41) is 12.3. The van der Waals surface area contributed by atoms with E-state index in [1.165, 1.54) is 5.56 Å². The van der Waals surface area contributed by atoms with E-state index in [1.807, 2.05) is 72.5 Å². The van der Waals surface area contributed by atoms with Crippen molar-refractivity contribution in [1.82, 2.24) is 0 Å². The lowest BCUT2D eigenvalue weighted by atomic mass is 9.83. The second-order valence-electron chi connectivity index (χ2n) is 10.8. The predicted octanol–water partition coefficient (Wildman–Crippen LogP) is 6.40. The second-order valence-corrected chi connectivity index (χ2v) is 10.8. The van der Waals surface area contributed by atoms with E-state index in [2.05, 4.69) is 11.4 Å². The third-order valence-electron chi connectivity index (χ3n) is 8.34. The third-order valence-corrected chi connectivity index (χ3v) is 8.34. The summed E-state index contributed by atoms with van der Waals surface area (Å²) < 4.78 is 0. The number of aryl methyl sites for hydroxylation is 2. The summed E-state index contributed by atoms with van der Waals surface area (Å²) >= 11 is 0. The van der Waals surface area contributed by atoms with E-state index in [0.717, 1.165) is 65.7 Å². The van der Waals surface area contributed by atoms with Gasteiger partial charge in [0.05, 0.1) is 12.5 Å². The molecule has 1 aliphatic heterocycles. The van der Waals surface area contributed by atoms with Gasteiger partial charge in [-0.25, -0.2) is 0 Å². The average molecular weight is 525 g/mol. The van der Waals surface area contributed by atoms with Crippen LogP contribution in [0, 0.1) is 12.8 Å². The number of anilines is 2. The van der Waals surface area contributed by atoms with Crippen LogP contribution in [-0.2, 0) is 33.8 Å². The van der Waals surface area contributed by atoms with Crippen LogP contribution < -0.4 is 10.2 Å². The zero-order valence-corrected chi connectivity index (χ0v) is 22.5. The Balaban J connectivity index is 1.35. The number of amides is 2. The first-order valence-electron chi connectivity index (χ1n) is 14.0. The number of carboxylic acid groups (broad SMARTS) is 1. The SMILES string of the molecule is Cc1c(CCC(=O)O)cccc1NC(=O)C(c1ccc(CN2C(=O)CCc3ccccc32)cc1)C1CCCC1. The van der Waals surface area contributed by atoms with Gasteiger partial charge in [0.2, 0.25) is 11.8 Å². The molecule has 1 fully saturated rings. The zero-order chi connectivity index (χ0) is 27.4. The number of hydrogen-bond acceptors (Lipinski definition) is 3. The van der Waals surface area contributed by atoms with Gasteiger partial charge in [-0.05, 0) is 78.5 Å². The molecule has 39 heavy (non-hydrogen) atoms. The molecule has 0 spiro atoms. The normalized spacial score (nSPS) is 16.1. The summed E-state index contributed by atoms with van der Waals surface area (Å²) in [6.45, 7) is 2.45. The van der Waals surface area contributed by atoms with Crippen molar-refractivity contribution in [3.05, 3.63) is 94.5 Å². The average Bonchev–Trinajstić information content (AvgIpc) is 3.46. The molecule has 2 N–H and O–H groups in total. The molecular formula is C33H36N2O4. The van der Waals surface area contributed by atoms with Gasteiger partial charge in [-0.15, -0.1) is 0 Å². The number of carboxylic acids is 1. The maximum absolute atomic E-state index is 13.8. The van der Waals surface area contributed by atoms with Gasteiger partial charge in [-0.3, -0.25) is 14.4 Å². The summed E-state index contributed by atoms with van der Waals surface area (Å²) in [4.78, 5) is 39.4. The van der Waals surface area contributed by atoms with Crippen molar-refractivity contribution in [2.45, 2.75) is 70.8 Å². The molecule has 1 aliphatic carbocycles. The molecule has 202 valence electrons. The van der Waals surface area contributed by atoms with E-state index in [1.54, 1.807) is 0 Å². The maximum atomic E-state index is 13.8. The first kappa shape index (κ1) is 26.7. The smallest absolute Gasteiger partial charge is 0.303 e. The van der Waals surface area contributed by atoms with Crippen LogP contribution in [-0.4, -0.2) is 22.9 Å². The number of benzene rings is 3. The number of nitrogens with zero attached hydrogens (tertiary/aromatic N) is 1. The molecule has 1 heterocycles. The molecule has 5 rings (SSSR count). The fourth-order valence-electron chi connectivity index (χ4n) is 6.15. The number of fused-ring (bicyclic) bond motifs is 1. The summed E-state index contributed by atoms with van der Waals surface area (Å²) in [5.74, 6) is -0.694. The molecular weight excluding hydrogens is 488 g/mol. The lowest BCUT2D eigenvalue weighted by Crippen LogP contribution is -2.34. The van der Waals surface area contributed by atoms with Crippen LogP contribution in [0.3, 0.4) is 0 Å². The molecule has 0 saturated heterocycles. The van der Waals surface area contributed by atoms with E-state index in [4.69, 9.17) is 5.11 Å². The van der Waals surface area contributed by atoms with Gasteiger partial charge >= 0.3 is 5.97 Å². The highest BCUT2D eigenvalue weighted by molar-refractivity contribution is 5.97. The molecule has 0 aromatic heterocycles. The molecule has 6 nitrogen and oxygen atoms in total.